The van der Waals surface area contributed by atoms with E-state index in [1.807, 2.05) is 41.3 Å². The fourth-order valence-corrected chi connectivity index (χ4v) is 3.07. The first-order valence-electron chi connectivity index (χ1n) is 7.81. The quantitative estimate of drug-likeness (QED) is 0.868. The van der Waals surface area contributed by atoms with Crippen LogP contribution >= 0.6 is 24.8 Å². The van der Waals surface area contributed by atoms with Crippen molar-refractivity contribution in [3.8, 4) is 0 Å². The normalized spacial score (nSPS) is 16.0. The first-order valence-corrected chi connectivity index (χ1v) is 7.81. The van der Waals surface area contributed by atoms with Gasteiger partial charge in [0.15, 0.2) is 0 Å². The van der Waals surface area contributed by atoms with Gasteiger partial charge in [-0.3, -0.25) is 9.89 Å². The summed E-state index contributed by atoms with van der Waals surface area (Å²) in [6.07, 6.45) is 4.12. The van der Waals surface area contributed by atoms with Gasteiger partial charge in [0.05, 0.1) is 0 Å². The number of piperidine rings is 1. The van der Waals surface area contributed by atoms with Crippen LogP contribution < -0.4 is 5.73 Å². The second kappa shape index (κ2) is 9.67. The number of nitrogens with zero attached hydrogens (tertiary/aromatic N) is 2. The standard InChI is InChI=1S/C17H22N4O.2ClH/c18-15(13-4-2-1-3-5-13)12-17(22)21-10-7-14(8-11-21)16-6-9-19-20-16;;/h1-6,9,14-15H,7-8,10-12,18H2,(H,19,20);2*1H. The molecule has 5 nitrogen and oxygen atoms in total. The predicted molar refractivity (Wildman–Crippen MR) is 99.6 cm³/mol. The Morgan fingerprint density at radius 1 is 1.21 bits per heavy atom. The summed E-state index contributed by atoms with van der Waals surface area (Å²) in [6, 6.07) is 11.6. The maximum Gasteiger partial charge on any atom is 0.224 e. The molecule has 1 aromatic heterocycles. The molecule has 1 amide bonds. The van der Waals surface area contributed by atoms with Gasteiger partial charge in [-0.25, -0.2) is 0 Å². The van der Waals surface area contributed by atoms with Crippen LogP contribution in [0.3, 0.4) is 0 Å². The molecule has 2 aromatic rings. The molecule has 3 rings (SSSR count). The summed E-state index contributed by atoms with van der Waals surface area (Å²) in [7, 11) is 0. The molecule has 0 spiro atoms. The molecule has 1 fully saturated rings. The Kier molecular flexibility index (Phi) is 8.25. The van der Waals surface area contributed by atoms with E-state index < -0.39 is 0 Å². The number of amides is 1. The number of nitrogens with two attached hydrogens (primary N) is 1. The van der Waals surface area contributed by atoms with Crippen LogP contribution in [0.1, 0.15) is 42.5 Å². The van der Waals surface area contributed by atoms with E-state index in [-0.39, 0.29) is 36.8 Å². The molecule has 1 saturated heterocycles. The highest BCUT2D eigenvalue weighted by Gasteiger charge is 2.25. The lowest BCUT2D eigenvalue weighted by Crippen LogP contribution is -2.39. The Morgan fingerprint density at radius 2 is 1.88 bits per heavy atom. The Bertz CT molecular complexity index is 598. The highest BCUT2D eigenvalue weighted by atomic mass is 35.5. The van der Waals surface area contributed by atoms with Crippen molar-refractivity contribution in [3.05, 3.63) is 53.9 Å². The fourth-order valence-electron chi connectivity index (χ4n) is 3.07. The van der Waals surface area contributed by atoms with Crippen molar-refractivity contribution in [1.82, 2.24) is 15.1 Å². The lowest BCUT2D eigenvalue weighted by molar-refractivity contribution is -0.132. The molecule has 2 heterocycles. The maximum atomic E-state index is 12.4. The van der Waals surface area contributed by atoms with Crippen molar-refractivity contribution in [2.45, 2.75) is 31.2 Å². The molecule has 132 valence electrons. The number of carbonyl (C=O) groups excluding carboxylic acids is 1. The number of aromatic nitrogens is 2. The summed E-state index contributed by atoms with van der Waals surface area (Å²) in [5.74, 6) is 0.633. The number of halogens is 2. The number of benzene rings is 1. The SMILES string of the molecule is Cl.Cl.NC(CC(=O)N1CCC(c2ccn[nH]2)CC1)c1ccccc1. The first-order chi connectivity index (χ1) is 10.7. The van der Waals surface area contributed by atoms with Gasteiger partial charge >= 0.3 is 0 Å². The van der Waals surface area contributed by atoms with Crippen LogP contribution in [0.25, 0.3) is 0 Å². The summed E-state index contributed by atoms with van der Waals surface area (Å²) in [5.41, 5.74) is 8.34. The predicted octanol–water partition coefficient (Wildman–Crippen LogP) is 3.05. The average Bonchev–Trinajstić information content (AvgIpc) is 3.10. The van der Waals surface area contributed by atoms with Gasteiger partial charge in [0, 0.05) is 43.4 Å². The van der Waals surface area contributed by atoms with Gasteiger partial charge in [-0.15, -0.1) is 24.8 Å². The Hall–Kier alpha value is -1.56. The van der Waals surface area contributed by atoms with Gasteiger partial charge in [-0.1, -0.05) is 30.3 Å². The van der Waals surface area contributed by atoms with Crippen LogP contribution in [0.2, 0.25) is 0 Å². The van der Waals surface area contributed by atoms with E-state index in [0.717, 1.165) is 31.5 Å². The highest BCUT2D eigenvalue weighted by molar-refractivity contribution is 5.85. The van der Waals surface area contributed by atoms with E-state index in [1.165, 1.54) is 5.69 Å². The molecule has 7 heteroatoms. The number of hydrogen-bond donors (Lipinski definition) is 2. The molecule has 0 bridgehead atoms. The fraction of sp³-hybridized carbons (Fsp3) is 0.412. The molecule has 3 N–H and O–H groups in total. The zero-order valence-corrected chi connectivity index (χ0v) is 15.1. The van der Waals surface area contributed by atoms with Crippen molar-refractivity contribution >= 4 is 30.7 Å². The van der Waals surface area contributed by atoms with Gasteiger partial charge < -0.3 is 10.6 Å². The summed E-state index contributed by atoms with van der Waals surface area (Å²) < 4.78 is 0. The molecule has 1 aliphatic rings. The third kappa shape index (κ3) is 4.97. The second-order valence-electron chi connectivity index (χ2n) is 5.89. The molecular weight excluding hydrogens is 347 g/mol. The van der Waals surface area contributed by atoms with Gasteiger partial charge in [0.1, 0.15) is 0 Å². The maximum absolute atomic E-state index is 12.4. The molecule has 1 aliphatic heterocycles. The zero-order valence-electron chi connectivity index (χ0n) is 13.4. The number of hydrogen-bond acceptors (Lipinski definition) is 3. The summed E-state index contributed by atoms with van der Waals surface area (Å²) in [6.45, 7) is 1.59. The van der Waals surface area contributed by atoms with Gasteiger partial charge in [-0.2, -0.15) is 5.10 Å². The van der Waals surface area contributed by atoms with E-state index >= 15 is 0 Å². The van der Waals surface area contributed by atoms with E-state index in [0.29, 0.717) is 12.3 Å². The minimum atomic E-state index is -0.223. The minimum absolute atomic E-state index is 0. The van der Waals surface area contributed by atoms with Crippen LogP contribution in [-0.2, 0) is 4.79 Å². The Balaban J connectivity index is 0.00000144. The largest absolute Gasteiger partial charge is 0.343 e. The molecule has 0 aliphatic carbocycles. The average molecular weight is 371 g/mol. The molecular formula is C17H24Cl2N4O. The third-order valence-corrected chi connectivity index (χ3v) is 4.43. The molecule has 0 radical (unpaired) electrons. The van der Waals surface area contributed by atoms with Gasteiger partial charge in [0.2, 0.25) is 5.91 Å². The number of H-pyrrole nitrogens is 1. The van der Waals surface area contributed by atoms with Crippen LogP contribution in [-0.4, -0.2) is 34.1 Å². The number of carbonyl (C=O) groups is 1. The second-order valence-corrected chi connectivity index (χ2v) is 5.89. The van der Waals surface area contributed by atoms with Crippen molar-refractivity contribution in [2.24, 2.45) is 5.73 Å². The topological polar surface area (TPSA) is 75.0 Å². The molecule has 24 heavy (non-hydrogen) atoms. The van der Waals surface area contributed by atoms with Crippen molar-refractivity contribution in [3.63, 3.8) is 0 Å². The van der Waals surface area contributed by atoms with Gasteiger partial charge in [0.25, 0.3) is 0 Å². The molecule has 1 unspecified atom stereocenters. The lowest BCUT2D eigenvalue weighted by Gasteiger charge is -2.32. The smallest absolute Gasteiger partial charge is 0.224 e. The number of nitrogens with one attached hydrogen (secondary N) is 1. The summed E-state index contributed by atoms with van der Waals surface area (Å²) in [4.78, 5) is 14.3. The first kappa shape index (κ1) is 20.5. The molecule has 1 aromatic carbocycles. The van der Waals surface area contributed by atoms with Crippen LogP contribution in [0, 0.1) is 0 Å². The number of aromatic amines is 1. The van der Waals surface area contributed by atoms with Crippen LogP contribution in [0.4, 0.5) is 0 Å². The van der Waals surface area contributed by atoms with Crippen molar-refractivity contribution < 1.29 is 4.79 Å². The molecule has 1 atom stereocenters. The van der Waals surface area contributed by atoms with Crippen LogP contribution in [0.15, 0.2) is 42.6 Å². The zero-order chi connectivity index (χ0) is 15.4. The van der Waals surface area contributed by atoms with Gasteiger partial charge in [-0.05, 0) is 24.5 Å². The van der Waals surface area contributed by atoms with Crippen LogP contribution in [0.5, 0.6) is 0 Å². The minimum Gasteiger partial charge on any atom is -0.343 e. The summed E-state index contributed by atoms with van der Waals surface area (Å²) in [5, 5.41) is 7.03. The number of likely N-dealkylation sites (tertiary alicyclic amines) is 1. The van der Waals surface area contributed by atoms with Crippen molar-refractivity contribution in [2.75, 3.05) is 13.1 Å². The Labute approximate surface area is 154 Å². The number of rotatable bonds is 4. The van der Waals surface area contributed by atoms with E-state index in [2.05, 4.69) is 10.2 Å². The lowest BCUT2D eigenvalue weighted by atomic mass is 9.93. The van der Waals surface area contributed by atoms with E-state index in [4.69, 9.17) is 5.73 Å². The monoisotopic (exact) mass is 370 g/mol. The molecule has 0 saturated carbocycles. The highest BCUT2D eigenvalue weighted by Crippen LogP contribution is 2.27. The van der Waals surface area contributed by atoms with E-state index in [1.54, 1.807) is 6.20 Å². The summed E-state index contributed by atoms with van der Waals surface area (Å²) >= 11 is 0. The Morgan fingerprint density at radius 3 is 2.46 bits per heavy atom. The van der Waals surface area contributed by atoms with E-state index in [9.17, 15) is 4.79 Å². The van der Waals surface area contributed by atoms with Crippen molar-refractivity contribution in [1.29, 1.82) is 0 Å². The third-order valence-electron chi connectivity index (χ3n) is 4.43.